The lowest BCUT2D eigenvalue weighted by Crippen LogP contribution is -2.17. The first-order valence-corrected chi connectivity index (χ1v) is 6.63. The quantitative estimate of drug-likeness (QED) is 0.253. The molecule has 0 aromatic carbocycles. The normalized spacial score (nSPS) is 10.7. The first-order chi connectivity index (χ1) is 8.77. The van der Waals surface area contributed by atoms with Crippen LogP contribution in [0, 0.1) is 0 Å². The molecule has 0 unspecified atom stereocenters. The molecule has 6 nitrogen and oxygen atoms in total. The Hall–Kier alpha value is -0.690. The Bertz CT molecular complexity index is 189. The smallest absolute Gasteiger partial charge is 0.303 e. The third-order valence-corrected chi connectivity index (χ3v) is 2.63. The summed E-state index contributed by atoms with van der Waals surface area (Å²) < 4.78 is 0. The van der Waals surface area contributed by atoms with Gasteiger partial charge in [0.05, 0.1) is 6.61 Å². The van der Waals surface area contributed by atoms with Crippen LogP contribution in [-0.4, -0.2) is 36.0 Å². The second kappa shape index (κ2) is 14.4. The number of nitrogens with one attached hydrogen (secondary N) is 1. The molecule has 0 saturated carbocycles. The van der Waals surface area contributed by atoms with E-state index in [4.69, 9.17) is 10.4 Å². The van der Waals surface area contributed by atoms with Gasteiger partial charge in [-0.05, 0) is 32.4 Å². The molecule has 0 aromatic rings. The fourth-order valence-electron chi connectivity index (χ4n) is 1.64. The van der Waals surface area contributed by atoms with Crippen LogP contribution in [0.25, 0.3) is 0 Å². The minimum absolute atomic E-state index is 0.243. The maximum atomic E-state index is 10.2. The molecule has 0 atom stereocenters. The van der Waals surface area contributed by atoms with E-state index in [1.807, 2.05) is 0 Å². The highest BCUT2D eigenvalue weighted by molar-refractivity contribution is 5.66. The van der Waals surface area contributed by atoms with Crippen molar-refractivity contribution in [2.24, 2.45) is 0 Å². The molecule has 0 aliphatic heterocycles. The van der Waals surface area contributed by atoms with Gasteiger partial charge in [0.25, 0.3) is 0 Å². The number of carboxylic acid groups (broad SMARTS) is 1. The van der Waals surface area contributed by atoms with Crippen LogP contribution < -0.4 is 5.32 Å². The number of unbranched alkanes of at least 4 members (excludes halogenated alkanes) is 5. The van der Waals surface area contributed by atoms with Crippen molar-refractivity contribution >= 4 is 5.97 Å². The highest BCUT2D eigenvalue weighted by Crippen LogP contribution is 2.05. The molecule has 0 spiro atoms. The minimum Gasteiger partial charge on any atom is -0.481 e. The van der Waals surface area contributed by atoms with E-state index in [9.17, 15) is 4.79 Å². The van der Waals surface area contributed by atoms with Gasteiger partial charge in [-0.15, -0.1) is 0 Å². The van der Waals surface area contributed by atoms with Gasteiger partial charge in [-0.1, -0.05) is 30.7 Å². The summed E-state index contributed by atoms with van der Waals surface area (Å²) in [6.45, 7) is 2.17. The molecule has 108 valence electrons. The maximum absolute atomic E-state index is 10.2. The van der Waals surface area contributed by atoms with Gasteiger partial charge < -0.3 is 10.4 Å². The molecule has 0 aliphatic carbocycles. The second-order valence-corrected chi connectivity index (χ2v) is 4.27. The van der Waals surface area contributed by atoms with E-state index in [1.54, 1.807) is 0 Å². The van der Waals surface area contributed by atoms with Crippen molar-refractivity contribution in [3.05, 3.63) is 0 Å². The van der Waals surface area contributed by atoms with E-state index in [1.165, 1.54) is 12.8 Å². The zero-order valence-corrected chi connectivity index (χ0v) is 10.9. The Morgan fingerprint density at radius 2 is 1.56 bits per heavy atom. The number of aliphatic carboxylic acids is 1. The lowest BCUT2D eigenvalue weighted by Gasteiger charge is -2.04. The Morgan fingerprint density at radius 1 is 0.944 bits per heavy atom. The van der Waals surface area contributed by atoms with Crippen molar-refractivity contribution < 1.29 is 25.1 Å². The van der Waals surface area contributed by atoms with Gasteiger partial charge in [0.1, 0.15) is 0 Å². The van der Waals surface area contributed by atoms with Gasteiger partial charge in [0, 0.05) is 6.42 Å². The first kappa shape index (κ1) is 17.3. The summed E-state index contributed by atoms with van der Waals surface area (Å²) in [5.41, 5.74) is 0. The third-order valence-electron chi connectivity index (χ3n) is 2.63. The Balaban J connectivity index is 2.92. The van der Waals surface area contributed by atoms with Crippen molar-refractivity contribution in [3.63, 3.8) is 0 Å². The van der Waals surface area contributed by atoms with E-state index < -0.39 is 5.97 Å². The van der Waals surface area contributed by atoms with E-state index in [0.29, 0.717) is 13.0 Å². The SMILES string of the molecule is O=C(O)CCCNCCCCCCCCOOO. The Morgan fingerprint density at radius 3 is 2.22 bits per heavy atom. The van der Waals surface area contributed by atoms with Gasteiger partial charge in [-0.25, -0.2) is 10.1 Å². The third kappa shape index (κ3) is 15.3. The number of carboxylic acids is 1. The van der Waals surface area contributed by atoms with E-state index in [2.05, 4.69) is 15.2 Å². The summed E-state index contributed by atoms with van der Waals surface area (Å²) in [5.74, 6) is -0.729. The largest absolute Gasteiger partial charge is 0.481 e. The molecule has 0 bridgehead atoms. The summed E-state index contributed by atoms with van der Waals surface area (Å²) in [7, 11) is 0. The Kier molecular flexibility index (Phi) is 13.8. The van der Waals surface area contributed by atoms with Crippen molar-refractivity contribution in [2.45, 2.75) is 51.4 Å². The minimum atomic E-state index is -0.729. The lowest BCUT2D eigenvalue weighted by atomic mass is 10.1. The summed E-state index contributed by atoms with van der Waals surface area (Å²) in [4.78, 5) is 14.6. The summed E-state index contributed by atoms with van der Waals surface area (Å²) >= 11 is 0. The zero-order valence-electron chi connectivity index (χ0n) is 10.9. The molecule has 0 heterocycles. The van der Waals surface area contributed by atoms with E-state index in [0.717, 1.165) is 38.8 Å². The topological polar surface area (TPSA) is 88.0 Å². The monoisotopic (exact) mass is 263 g/mol. The highest BCUT2D eigenvalue weighted by Gasteiger charge is 1.96. The molecule has 0 saturated heterocycles. The summed E-state index contributed by atoms with van der Waals surface area (Å²) in [5, 5.41) is 23.1. The van der Waals surface area contributed by atoms with Gasteiger partial charge in [0.2, 0.25) is 0 Å². The average Bonchev–Trinajstić information content (AvgIpc) is 2.34. The predicted molar refractivity (Wildman–Crippen MR) is 67.1 cm³/mol. The van der Waals surface area contributed by atoms with Crippen LogP contribution in [0.3, 0.4) is 0 Å². The van der Waals surface area contributed by atoms with Crippen LogP contribution in [0.4, 0.5) is 0 Å². The highest BCUT2D eigenvalue weighted by atomic mass is 17.5. The molecule has 0 fully saturated rings. The molecule has 3 N–H and O–H groups in total. The number of hydrogen-bond acceptors (Lipinski definition) is 5. The van der Waals surface area contributed by atoms with Crippen molar-refractivity contribution in [1.82, 2.24) is 5.32 Å². The maximum Gasteiger partial charge on any atom is 0.303 e. The zero-order chi connectivity index (χ0) is 13.5. The summed E-state index contributed by atoms with van der Waals surface area (Å²) in [6, 6.07) is 0. The van der Waals surface area contributed by atoms with Gasteiger partial charge >= 0.3 is 5.97 Å². The lowest BCUT2D eigenvalue weighted by molar-refractivity contribution is -0.490. The fraction of sp³-hybridized carbons (Fsp3) is 0.917. The first-order valence-electron chi connectivity index (χ1n) is 6.63. The second-order valence-electron chi connectivity index (χ2n) is 4.27. The van der Waals surface area contributed by atoms with Gasteiger partial charge in [-0.3, -0.25) is 4.79 Å². The van der Waals surface area contributed by atoms with Crippen LogP contribution in [0.15, 0.2) is 0 Å². The molecule has 18 heavy (non-hydrogen) atoms. The standard InChI is InChI=1S/C12H25NO5/c14-12(15)8-7-10-13-9-5-3-1-2-4-6-11-17-18-16/h13,16H,1-11H2,(H,14,15). The fourth-order valence-corrected chi connectivity index (χ4v) is 1.64. The average molecular weight is 263 g/mol. The van der Waals surface area contributed by atoms with Crippen molar-refractivity contribution in [3.8, 4) is 0 Å². The van der Waals surface area contributed by atoms with Crippen LogP contribution >= 0.6 is 0 Å². The van der Waals surface area contributed by atoms with Crippen LogP contribution in [-0.2, 0) is 14.7 Å². The Labute approximate surface area is 108 Å². The van der Waals surface area contributed by atoms with Crippen LogP contribution in [0.1, 0.15) is 51.4 Å². The molecular weight excluding hydrogens is 238 g/mol. The molecular formula is C12H25NO5. The molecule has 0 rings (SSSR count). The number of hydrogen-bond donors (Lipinski definition) is 3. The molecule has 0 aromatic heterocycles. The number of carbonyl (C=O) groups is 1. The van der Waals surface area contributed by atoms with Crippen molar-refractivity contribution in [2.75, 3.05) is 19.7 Å². The predicted octanol–water partition coefficient (Wildman–Crippen LogP) is 2.20. The van der Waals surface area contributed by atoms with Crippen LogP contribution in [0.5, 0.6) is 0 Å². The molecule has 6 heteroatoms. The van der Waals surface area contributed by atoms with Crippen LogP contribution in [0.2, 0.25) is 0 Å². The molecule has 0 amide bonds. The summed E-state index contributed by atoms with van der Waals surface area (Å²) in [6.07, 6.45) is 7.58. The van der Waals surface area contributed by atoms with Gasteiger partial charge in [-0.2, -0.15) is 0 Å². The van der Waals surface area contributed by atoms with E-state index in [-0.39, 0.29) is 6.42 Å². The van der Waals surface area contributed by atoms with Gasteiger partial charge in [0.15, 0.2) is 0 Å². The number of rotatable bonds is 14. The van der Waals surface area contributed by atoms with E-state index >= 15 is 0 Å². The molecule has 0 aliphatic rings. The van der Waals surface area contributed by atoms with Crippen molar-refractivity contribution in [1.29, 1.82) is 0 Å². The molecule has 0 radical (unpaired) electrons.